The Balaban J connectivity index is 1.16. The number of ether oxygens (including phenoxy) is 2. The number of fused-ring (bicyclic) bond motifs is 2. The van der Waals surface area contributed by atoms with E-state index in [1.54, 1.807) is 12.3 Å². The molecular formula is C28H31N3O4. The van der Waals surface area contributed by atoms with Crippen LogP contribution in [0.5, 0.6) is 0 Å². The molecule has 0 amide bonds. The van der Waals surface area contributed by atoms with E-state index in [9.17, 15) is 4.79 Å². The molecule has 3 aromatic rings. The van der Waals surface area contributed by atoms with Crippen molar-refractivity contribution in [2.24, 2.45) is 0 Å². The van der Waals surface area contributed by atoms with Crippen molar-refractivity contribution < 1.29 is 18.8 Å². The Kier molecular flexibility index (Phi) is 5.80. The average Bonchev–Trinajstić information content (AvgIpc) is 3.59. The topological polar surface area (TPSA) is 77.7 Å². The van der Waals surface area contributed by atoms with Gasteiger partial charge in [-0.2, -0.15) is 0 Å². The maximum Gasteiger partial charge on any atom is 0.339 e. The number of aryl methyl sites for hydroxylation is 1. The fraction of sp³-hybridized carbons (Fsp3) is 0.464. The quantitative estimate of drug-likeness (QED) is 0.424. The summed E-state index contributed by atoms with van der Waals surface area (Å²) in [5, 5.41) is 4.49. The molecule has 7 nitrogen and oxygen atoms in total. The predicted molar refractivity (Wildman–Crippen MR) is 131 cm³/mol. The summed E-state index contributed by atoms with van der Waals surface area (Å²) in [6, 6.07) is 12.9. The Morgan fingerprint density at radius 1 is 1.09 bits per heavy atom. The Bertz CT molecular complexity index is 1200. The number of methoxy groups -OCH3 is 1. The SMILES string of the molecule is COC(=O)c1ccc(N2C3CC[C@H]2CC(OCc2c(-c4ccccc4C)noc2C2CC2)C3)nc1. The minimum Gasteiger partial charge on any atom is -0.465 e. The van der Waals surface area contributed by atoms with Crippen molar-refractivity contribution in [3.05, 3.63) is 65.0 Å². The van der Waals surface area contributed by atoms with Crippen molar-refractivity contribution in [2.45, 2.75) is 76.2 Å². The van der Waals surface area contributed by atoms with Gasteiger partial charge in [-0.3, -0.25) is 0 Å². The summed E-state index contributed by atoms with van der Waals surface area (Å²) in [7, 11) is 1.39. The van der Waals surface area contributed by atoms with Gasteiger partial charge in [0.15, 0.2) is 0 Å². The molecule has 2 aliphatic heterocycles. The van der Waals surface area contributed by atoms with Gasteiger partial charge in [0.25, 0.3) is 0 Å². The molecule has 0 spiro atoms. The Labute approximate surface area is 205 Å². The summed E-state index contributed by atoms with van der Waals surface area (Å²) in [6.45, 7) is 2.65. The van der Waals surface area contributed by atoms with Gasteiger partial charge in [-0.15, -0.1) is 0 Å². The standard InChI is InChI=1S/C28H31N3O4/c1-17-5-3-4-6-23(17)26-24(27(35-30-26)18-7-8-18)16-34-22-13-20-10-11-21(14-22)31(20)25-12-9-19(15-29-25)28(32)33-2/h3-6,9,12,15,18,20-22H,7-8,10-11,13-14,16H2,1-2H3/t20-,21?,22?/m0/s1. The van der Waals surface area contributed by atoms with E-state index in [0.29, 0.717) is 30.2 Å². The fourth-order valence-corrected chi connectivity index (χ4v) is 5.79. The van der Waals surface area contributed by atoms with E-state index in [0.717, 1.165) is 54.1 Å². The second-order valence-corrected chi connectivity index (χ2v) is 10.1. The van der Waals surface area contributed by atoms with Crippen LogP contribution in [0, 0.1) is 6.92 Å². The number of aromatic nitrogens is 2. The number of hydrogen-bond donors (Lipinski definition) is 0. The molecule has 2 aromatic heterocycles. The number of nitrogens with zero attached hydrogens (tertiary/aromatic N) is 3. The van der Waals surface area contributed by atoms with Gasteiger partial charge in [0, 0.05) is 35.3 Å². The van der Waals surface area contributed by atoms with Gasteiger partial charge in [-0.1, -0.05) is 29.4 Å². The summed E-state index contributed by atoms with van der Waals surface area (Å²) in [6.07, 6.45) is 8.37. The second-order valence-electron chi connectivity index (χ2n) is 10.1. The minimum atomic E-state index is -0.358. The van der Waals surface area contributed by atoms with Crippen molar-refractivity contribution in [1.29, 1.82) is 0 Å². The lowest BCUT2D eigenvalue weighted by molar-refractivity contribution is 0.0146. The van der Waals surface area contributed by atoms with Gasteiger partial charge >= 0.3 is 5.97 Å². The number of piperidine rings is 1. The highest BCUT2D eigenvalue weighted by Gasteiger charge is 2.42. The van der Waals surface area contributed by atoms with Crippen LogP contribution in [0.2, 0.25) is 0 Å². The number of esters is 1. The van der Waals surface area contributed by atoms with E-state index < -0.39 is 0 Å². The third kappa shape index (κ3) is 4.22. The summed E-state index contributed by atoms with van der Waals surface area (Å²) < 4.78 is 17.2. The van der Waals surface area contributed by atoms with Crippen molar-refractivity contribution in [3.63, 3.8) is 0 Å². The Hall–Kier alpha value is -3.19. The number of benzene rings is 1. The highest BCUT2D eigenvalue weighted by atomic mass is 16.5. The van der Waals surface area contributed by atoms with E-state index in [1.165, 1.54) is 25.5 Å². The molecule has 4 heterocycles. The van der Waals surface area contributed by atoms with Crippen LogP contribution in [0.1, 0.15) is 71.7 Å². The summed E-state index contributed by atoms with van der Waals surface area (Å²) in [5.74, 6) is 2.07. The maximum atomic E-state index is 11.8. The lowest BCUT2D eigenvalue weighted by atomic mass is 9.98. The zero-order valence-corrected chi connectivity index (χ0v) is 20.3. The number of carbonyl (C=O) groups is 1. The lowest BCUT2D eigenvalue weighted by Crippen LogP contribution is -2.46. The van der Waals surface area contributed by atoms with E-state index in [-0.39, 0.29) is 12.1 Å². The monoisotopic (exact) mass is 473 g/mol. The molecule has 3 atom stereocenters. The van der Waals surface area contributed by atoms with Crippen LogP contribution in [0.15, 0.2) is 47.1 Å². The largest absolute Gasteiger partial charge is 0.465 e. The molecule has 1 aromatic carbocycles. The van der Waals surface area contributed by atoms with Gasteiger partial charge < -0.3 is 18.9 Å². The van der Waals surface area contributed by atoms with Gasteiger partial charge in [0.1, 0.15) is 17.3 Å². The van der Waals surface area contributed by atoms with Crippen LogP contribution in [0.25, 0.3) is 11.3 Å². The number of rotatable bonds is 7. The van der Waals surface area contributed by atoms with E-state index in [2.05, 4.69) is 46.2 Å². The van der Waals surface area contributed by atoms with Crippen LogP contribution < -0.4 is 4.90 Å². The van der Waals surface area contributed by atoms with Crippen molar-refractivity contribution in [2.75, 3.05) is 12.0 Å². The first-order valence-corrected chi connectivity index (χ1v) is 12.6. The highest BCUT2D eigenvalue weighted by Crippen LogP contribution is 2.45. The molecule has 6 rings (SSSR count). The van der Waals surface area contributed by atoms with Gasteiger partial charge in [-0.05, 0) is 63.1 Å². The van der Waals surface area contributed by atoms with E-state index in [4.69, 9.17) is 14.0 Å². The van der Waals surface area contributed by atoms with Crippen LogP contribution in [-0.4, -0.2) is 41.4 Å². The van der Waals surface area contributed by atoms with Crippen LogP contribution >= 0.6 is 0 Å². The van der Waals surface area contributed by atoms with Crippen molar-refractivity contribution in [1.82, 2.24) is 10.1 Å². The molecule has 2 saturated heterocycles. The first-order chi connectivity index (χ1) is 17.1. The summed E-state index contributed by atoms with van der Waals surface area (Å²) >= 11 is 0. The minimum absolute atomic E-state index is 0.199. The number of carbonyl (C=O) groups excluding carboxylic acids is 1. The smallest absolute Gasteiger partial charge is 0.339 e. The zero-order valence-electron chi connectivity index (χ0n) is 20.3. The highest BCUT2D eigenvalue weighted by molar-refractivity contribution is 5.89. The molecule has 3 fully saturated rings. The number of hydrogen-bond acceptors (Lipinski definition) is 7. The maximum absolute atomic E-state index is 11.8. The van der Waals surface area contributed by atoms with Gasteiger partial charge in [0.2, 0.25) is 0 Å². The van der Waals surface area contributed by atoms with Gasteiger partial charge in [-0.25, -0.2) is 9.78 Å². The third-order valence-electron chi connectivity index (χ3n) is 7.75. The van der Waals surface area contributed by atoms with Crippen molar-refractivity contribution >= 4 is 11.8 Å². The lowest BCUT2D eigenvalue weighted by Gasteiger charge is -2.39. The Morgan fingerprint density at radius 2 is 1.86 bits per heavy atom. The van der Waals surface area contributed by atoms with Crippen molar-refractivity contribution in [3.8, 4) is 11.3 Å². The van der Waals surface area contributed by atoms with E-state index in [1.807, 2.05) is 6.07 Å². The fourth-order valence-electron chi connectivity index (χ4n) is 5.79. The molecule has 2 unspecified atom stereocenters. The average molecular weight is 474 g/mol. The zero-order chi connectivity index (χ0) is 23.9. The van der Waals surface area contributed by atoms with E-state index >= 15 is 0 Å². The molecule has 0 radical (unpaired) electrons. The molecule has 1 saturated carbocycles. The third-order valence-corrected chi connectivity index (χ3v) is 7.75. The Morgan fingerprint density at radius 3 is 2.51 bits per heavy atom. The first kappa shape index (κ1) is 22.3. The number of pyridine rings is 1. The molecule has 0 N–H and O–H groups in total. The number of anilines is 1. The summed E-state index contributed by atoms with van der Waals surface area (Å²) in [4.78, 5) is 18.8. The summed E-state index contributed by atoms with van der Waals surface area (Å²) in [5.41, 5.74) is 4.85. The van der Waals surface area contributed by atoms with Crippen LogP contribution in [0.3, 0.4) is 0 Å². The molecule has 7 heteroatoms. The van der Waals surface area contributed by atoms with Crippen LogP contribution in [-0.2, 0) is 16.1 Å². The van der Waals surface area contributed by atoms with Gasteiger partial charge in [0.05, 0.1) is 25.4 Å². The molecule has 3 aliphatic rings. The molecule has 182 valence electrons. The molecular weight excluding hydrogens is 442 g/mol. The first-order valence-electron chi connectivity index (χ1n) is 12.6. The molecule has 1 aliphatic carbocycles. The molecule has 2 bridgehead atoms. The molecule has 35 heavy (non-hydrogen) atoms. The normalized spacial score (nSPS) is 23.5. The predicted octanol–water partition coefficient (Wildman–Crippen LogP) is 5.43. The second kappa shape index (κ2) is 9.11. The van der Waals surface area contributed by atoms with Crippen LogP contribution in [0.4, 0.5) is 5.82 Å².